The Balaban J connectivity index is 1.39. The van der Waals surface area contributed by atoms with Crippen LogP contribution >= 0.6 is 34.5 Å². The number of carbonyl (C=O) groups is 1. The van der Waals surface area contributed by atoms with E-state index in [1.807, 2.05) is 55.5 Å². The van der Waals surface area contributed by atoms with Gasteiger partial charge in [0.15, 0.2) is 5.58 Å². The van der Waals surface area contributed by atoms with E-state index < -0.39 is 0 Å². The fraction of sp³-hybridized carbons (Fsp3) is 0.0435. The zero-order chi connectivity index (χ0) is 20.8. The Hall–Kier alpha value is -2.86. The van der Waals surface area contributed by atoms with Gasteiger partial charge < -0.3 is 9.73 Å². The van der Waals surface area contributed by atoms with Crippen molar-refractivity contribution in [2.24, 2.45) is 0 Å². The molecular weight excluding hydrogens is 439 g/mol. The second-order valence-corrected chi connectivity index (χ2v) is 8.77. The van der Waals surface area contributed by atoms with Crippen molar-refractivity contribution in [3.8, 4) is 11.5 Å². The summed E-state index contributed by atoms with van der Waals surface area (Å²) in [7, 11) is 0. The molecule has 0 aliphatic rings. The summed E-state index contributed by atoms with van der Waals surface area (Å²) in [6.07, 6.45) is 0. The second-order valence-electron chi connectivity index (χ2n) is 6.91. The molecule has 0 saturated carbocycles. The number of amides is 1. The minimum atomic E-state index is -0.262. The zero-order valence-corrected chi connectivity index (χ0v) is 18.0. The molecule has 0 atom stereocenters. The van der Waals surface area contributed by atoms with Gasteiger partial charge in [-0.1, -0.05) is 35.3 Å². The van der Waals surface area contributed by atoms with E-state index in [0.717, 1.165) is 32.3 Å². The highest BCUT2D eigenvalue weighted by atomic mass is 35.5. The minimum Gasteiger partial charge on any atom is -0.436 e. The fourth-order valence-electron chi connectivity index (χ4n) is 3.23. The Morgan fingerprint density at radius 2 is 1.83 bits per heavy atom. The SMILES string of the molecule is Cc1ccc2oc(-c3ccc(NC(=O)c4sc5cc(Cl)ccc5c4Cl)cc3)nc2c1. The zero-order valence-electron chi connectivity index (χ0n) is 15.7. The van der Waals surface area contributed by atoms with E-state index in [4.69, 9.17) is 27.6 Å². The van der Waals surface area contributed by atoms with Crippen LogP contribution in [0.2, 0.25) is 10.0 Å². The molecule has 2 heterocycles. The molecule has 1 amide bonds. The van der Waals surface area contributed by atoms with Crippen LogP contribution in [0.1, 0.15) is 15.2 Å². The van der Waals surface area contributed by atoms with Gasteiger partial charge in [0, 0.05) is 26.4 Å². The number of nitrogens with zero attached hydrogens (tertiary/aromatic N) is 1. The fourth-order valence-corrected chi connectivity index (χ4v) is 4.92. The van der Waals surface area contributed by atoms with Gasteiger partial charge in [0.2, 0.25) is 5.89 Å². The van der Waals surface area contributed by atoms with E-state index >= 15 is 0 Å². The largest absolute Gasteiger partial charge is 0.436 e. The summed E-state index contributed by atoms with van der Waals surface area (Å²) in [5, 5.41) is 4.75. The smallest absolute Gasteiger partial charge is 0.267 e. The van der Waals surface area contributed by atoms with Gasteiger partial charge in [0.1, 0.15) is 10.4 Å². The summed E-state index contributed by atoms with van der Waals surface area (Å²) >= 11 is 13.8. The van der Waals surface area contributed by atoms with Crippen molar-refractivity contribution in [3.63, 3.8) is 0 Å². The standard InChI is InChI=1S/C23H14Cl2N2O2S/c1-12-2-9-18-17(10-12)27-23(29-18)13-3-6-15(7-4-13)26-22(28)21-20(25)16-8-5-14(24)11-19(16)30-21/h2-11H,1H3,(H,26,28). The van der Waals surface area contributed by atoms with Crippen molar-refractivity contribution >= 4 is 67.3 Å². The van der Waals surface area contributed by atoms with Crippen molar-refractivity contribution in [1.29, 1.82) is 0 Å². The average molecular weight is 453 g/mol. The van der Waals surface area contributed by atoms with E-state index in [0.29, 0.717) is 26.5 Å². The number of halogens is 2. The lowest BCUT2D eigenvalue weighted by Crippen LogP contribution is -2.10. The summed E-state index contributed by atoms with van der Waals surface area (Å²) < 4.78 is 6.71. The average Bonchev–Trinajstić information content (AvgIpc) is 3.29. The number of carbonyl (C=O) groups excluding carboxylic acids is 1. The molecule has 3 aromatic carbocycles. The summed E-state index contributed by atoms with van der Waals surface area (Å²) in [4.78, 5) is 17.7. The number of aromatic nitrogens is 1. The molecule has 0 aliphatic carbocycles. The first kappa shape index (κ1) is 19.1. The number of hydrogen-bond acceptors (Lipinski definition) is 4. The molecule has 5 aromatic rings. The highest BCUT2D eigenvalue weighted by Gasteiger charge is 2.18. The molecule has 5 rings (SSSR count). The first-order valence-electron chi connectivity index (χ1n) is 9.14. The number of rotatable bonds is 3. The van der Waals surface area contributed by atoms with Crippen molar-refractivity contribution in [2.45, 2.75) is 6.92 Å². The summed E-state index contributed by atoms with van der Waals surface area (Å²) in [6.45, 7) is 2.02. The predicted molar refractivity (Wildman–Crippen MR) is 124 cm³/mol. The van der Waals surface area contributed by atoms with Crippen LogP contribution in [0.4, 0.5) is 5.69 Å². The Kier molecular flexibility index (Phi) is 4.74. The third-order valence-corrected chi connectivity index (χ3v) is 6.62. The molecule has 7 heteroatoms. The first-order valence-corrected chi connectivity index (χ1v) is 10.7. The van der Waals surface area contributed by atoms with Crippen LogP contribution in [0.25, 0.3) is 32.6 Å². The van der Waals surface area contributed by atoms with E-state index in [1.54, 1.807) is 12.1 Å². The van der Waals surface area contributed by atoms with Crippen molar-refractivity contribution < 1.29 is 9.21 Å². The highest BCUT2D eigenvalue weighted by Crippen LogP contribution is 2.37. The van der Waals surface area contributed by atoms with Crippen molar-refractivity contribution in [1.82, 2.24) is 4.98 Å². The van der Waals surface area contributed by atoms with Gasteiger partial charge in [-0.2, -0.15) is 0 Å². The van der Waals surface area contributed by atoms with Gasteiger partial charge in [0.05, 0.1) is 5.02 Å². The van der Waals surface area contributed by atoms with Gasteiger partial charge in [-0.15, -0.1) is 11.3 Å². The Bertz CT molecular complexity index is 1420. The van der Waals surface area contributed by atoms with E-state index in [2.05, 4.69) is 10.3 Å². The highest BCUT2D eigenvalue weighted by molar-refractivity contribution is 7.21. The van der Waals surface area contributed by atoms with E-state index in [9.17, 15) is 4.79 Å². The number of thiophene rings is 1. The van der Waals surface area contributed by atoms with E-state index in [1.165, 1.54) is 11.3 Å². The number of hydrogen-bond donors (Lipinski definition) is 1. The van der Waals surface area contributed by atoms with Gasteiger partial charge in [-0.25, -0.2) is 4.98 Å². The molecule has 1 N–H and O–H groups in total. The lowest BCUT2D eigenvalue weighted by Gasteiger charge is -2.04. The molecule has 0 bridgehead atoms. The molecule has 148 valence electrons. The summed E-state index contributed by atoms with van der Waals surface area (Å²) in [5.41, 5.74) is 4.18. The van der Waals surface area contributed by atoms with Crippen LogP contribution in [0.3, 0.4) is 0 Å². The topological polar surface area (TPSA) is 55.1 Å². The molecule has 0 radical (unpaired) electrons. The quantitative estimate of drug-likeness (QED) is 0.306. The molecule has 0 fully saturated rings. The molecule has 2 aromatic heterocycles. The first-order chi connectivity index (χ1) is 14.5. The van der Waals surface area contributed by atoms with Gasteiger partial charge in [-0.05, 0) is 61.0 Å². The number of fused-ring (bicyclic) bond motifs is 2. The Morgan fingerprint density at radius 1 is 1.03 bits per heavy atom. The molecule has 0 unspecified atom stereocenters. The number of nitrogens with one attached hydrogen (secondary N) is 1. The third-order valence-electron chi connectivity index (χ3n) is 4.73. The van der Waals surface area contributed by atoms with Crippen LogP contribution in [0.5, 0.6) is 0 Å². The molecule has 30 heavy (non-hydrogen) atoms. The number of oxazole rings is 1. The third kappa shape index (κ3) is 3.45. The normalized spacial score (nSPS) is 11.3. The Morgan fingerprint density at radius 3 is 2.63 bits per heavy atom. The lowest BCUT2D eigenvalue weighted by molar-refractivity contribution is 0.103. The maximum absolute atomic E-state index is 12.7. The number of benzene rings is 3. The second kappa shape index (κ2) is 7.43. The minimum absolute atomic E-state index is 0.262. The summed E-state index contributed by atoms with van der Waals surface area (Å²) in [6, 6.07) is 18.6. The molecule has 4 nitrogen and oxygen atoms in total. The van der Waals surface area contributed by atoms with Gasteiger partial charge in [-0.3, -0.25) is 4.79 Å². The van der Waals surface area contributed by atoms with Crippen molar-refractivity contribution in [2.75, 3.05) is 5.32 Å². The molecule has 0 saturated heterocycles. The molecular formula is C23H14Cl2N2O2S. The van der Waals surface area contributed by atoms with Crippen LogP contribution in [-0.2, 0) is 0 Å². The van der Waals surface area contributed by atoms with Crippen LogP contribution in [-0.4, -0.2) is 10.9 Å². The predicted octanol–water partition coefficient (Wildman–Crippen LogP) is 7.58. The van der Waals surface area contributed by atoms with Crippen LogP contribution in [0.15, 0.2) is 65.1 Å². The van der Waals surface area contributed by atoms with Crippen LogP contribution < -0.4 is 5.32 Å². The van der Waals surface area contributed by atoms with Gasteiger partial charge in [0.25, 0.3) is 5.91 Å². The maximum atomic E-state index is 12.7. The maximum Gasteiger partial charge on any atom is 0.267 e. The monoisotopic (exact) mass is 452 g/mol. The van der Waals surface area contributed by atoms with Gasteiger partial charge >= 0.3 is 0 Å². The van der Waals surface area contributed by atoms with Crippen LogP contribution in [0, 0.1) is 6.92 Å². The van der Waals surface area contributed by atoms with E-state index in [-0.39, 0.29) is 5.91 Å². The summed E-state index contributed by atoms with van der Waals surface area (Å²) in [5.74, 6) is 0.278. The lowest BCUT2D eigenvalue weighted by atomic mass is 10.2. The number of aryl methyl sites for hydroxylation is 1. The van der Waals surface area contributed by atoms with Crippen molar-refractivity contribution in [3.05, 3.63) is 81.1 Å². The Labute approximate surface area is 186 Å². The molecule has 0 aliphatic heterocycles. The molecule has 0 spiro atoms. The number of anilines is 1.